The molecule has 1 saturated heterocycles. The van der Waals surface area contributed by atoms with Crippen LogP contribution in [-0.2, 0) is 10.2 Å². The number of ether oxygens (including phenoxy) is 4. The maximum absolute atomic E-state index is 12.7. The van der Waals surface area contributed by atoms with Crippen LogP contribution in [-0.4, -0.2) is 47.0 Å². The predicted octanol–water partition coefficient (Wildman–Crippen LogP) is 3.19. The van der Waals surface area contributed by atoms with Gasteiger partial charge in [-0.2, -0.15) is 0 Å². The highest BCUT2D eigenvalue weighted by Crippen LogP contribution is 2.39. The van der Waals surface area contributed by atoms with Gasteiger partial charge in [0, 0.05) is 30.7 Å². The predicted molar refractivity (Wildman–Crippen MR) is 107 cm³/mol. The molecule has 2 aromatic carbocycles. The van der Waals surface area contributed by atoms with Crippen molar-refractivity contribution < 1.29 is 23.7 Å². The minimum Gasteiger partial charge on any atom is -0.497 e. The fourth-order valence-electron chi connectivity index (χ4n) is 3.61. The molecule has 28 heavy (non-hydrogen) atoms. The van der Waals surface area contributed by atoms with Gasteiger partial charge >= 0.3 is 0 Å². The van der Waals surface area contributed by atoms with Crippen molar-refractivity contribution in [3.8, 4) is 17.2 Å². The van der Waals surface area contributed by atoms with E-state index in [1.165, 1.54) is 0 Å². The van der Waals surface area contributed by atoms with Crippen molar-refractivity contribution in [2.24, 2.45) is 0 Å². The molecule has 3 rings (SSSR count). The van der Waals surface area contributed by atoms with Gasteiger partial charge in [0.15, 0.2) is 11.5 Å². The van der Waals surface area contributed by atoms with Gasteiger partial charge in [-0.15, -0.1) is 0 Å². The summed E-state index contributed by atoms with van der Waals surface area (Å²) in [5.74, 6) is 1.91. The number of amides is 1. The normalized spacial score (nSPS) is 15.5. The van der Waals surface area contributed by atoms with Gasteiger partial charge < -0.3 is 24.3 Å². The van der Waals surface area contributed by atoms with E-state index < -0.39 is 0 Å². The standard InChI is InChI=1S/C22H27NO5/c1-25-18-6-4-5-16(13-18)21(24)23-15-22(9-11-28-12-10-22)17-7-8-19(26-2)20(14-17)27-3/h4-8,13-14H,9-12,15H2,1-3H3,(H,23,24). The Balaban J connectivity index is 1.83. The Morgan fingerprint density at radius 1 is 1.00 bits per heavy atom. The minimum absolute atomic E-state index is 0.120. The Hall–Kier alpha value is -2.73. The lowest BCUT2D eigenvalue weighted by Crippen LogP contribution is -2.44. The molecule has 6 nitrogen and oxygen atoms in total. The first-order valence-electron chi connectivity index (χ1n) is 9.34. The monoisotopic (exact) mass is 385 g/mol. The summed E-state index contributed by atoms with van der Waals surface area (Å²) in [6, 6.07) is 13.1. The van der Waals surface area contributed by atoms with Crippen LogP contribution in [0.25, 0.3) is 0 Å². The number of carbonyl (C=O) groups excluding carboxylic acids is 1. The number of carbonyl (C=O) groups is 1. The molecule has 6 heteroatoms. The van der Waals surface area contributed by atoms with Crippen molar-refractivity contribution in [3.63, 3.8) is 0 Å². The van der Waals surface area contributed by atoms with E-state index >= 15 is 0 Å². The Morgan fingerprint density at radius 3 is 2.43 bits per heavy atom. The summed E-state index contributed by atoms with van der Waals surface area (Å²) >= 11 is 0. The highest BCUT2D eigenvalue weighted by atomic mass is 16.5. The van der Waals surface area contributed by atoms with Gasteiger partial charge in [0.05, 0.1) is 21.3 Å². The average Bonchev–Trinajstić information content (AvgIpc) is 2.77. The molecular formula is C22H27NO5. The Kier molecular flexibility index (Phi) is 6.41. The Labute approximate surface area is 165 Å². The van der Waals surface area contributed by atoms with E-state index in [1.807, 2.05) is 30.3 Å². The zero-order chi connectivity index (χ0) is 20.0. The van der Waals surface area contributed by atoms with Crippen molar-refractivity contribution in [2.45, 2.75) is 18.3 Å². The number of rotatable bonds is 7. The van der Waals surface area contributed by atoms with E-state index in [9.17, 15) is 4.79 Å². The van der Waals surface area contributed by atoms with Crippen LogP contribution in [0.3, 0.4) is 0 Å². The molecule has 1 aliphatic rings. The molecule has 0 radical (unpaired) electrons. The van der Waals surface area contributed by atoms with Crippen LogP contribution in [0.5, 0.6) is 17.2 Å². The van der Waals surface area contributed by atoms with Crippen molar-refractivity contribution >= 4 is 5.91 Å². The van der Waals surface area contributed by atoms with Crippen molar-refractivity contribution in [2.75, 3.05) is 41.1 Å². The van der Waals surface area contributed by atoms with E-state index in [0.29, 0.717) is 42.6 Å². The molecule has 0 saturated carbocycles. The second-order valence-corrected chi connectivity index (χ2v) is 6.88. The maximum atomic E-state index is 12.7. The van der Waals surface area contributed by atoms with Crippen LogP contribution < -0.4 is 19.5 Å². The lowest BCUT2D eigenvalue weighted by atomic mass is 9.74. The molecule has 1 N–H and O–H groups in total. The largest absolute Gasteiger partial charge is 0.497 e. The number of nitrogens with one attached hydrogen (secondary N) is 1. The molecule has 0 aliphatic carbocycles. The Bertz CT molecular complexity index is 814. The van der Waals surface area contributed by atoms with Crippen LogP contribution in [0.2, 0.25) is 0 Å². The van der Waals surface area contributed by atoms with E-state index in [4.69, 9.17) is 18.9 Å². The van der Waals surface area contributed by atoms with E-state index in [1.54, 1.807) is 33.5 Å². The first kappa shape index (κ1) is 20.0. The number of hydrogen-bond donors (Lipinski definition) is 1. The van der Waals surface area contributed by atoms with Gasteiger partial charge in [0.25, 0.3) is 5.91 Å². The first-order valence-corrected chi connectivity index (χ1v) is 9.34. The molecule has 0 atom stereocenters. The lowest BCUT2D eigenvalue weighted by Gasteiger charge is -2.38. The Morgan fingerprint density at radius 2 is 1.75 bits per heavy atom. The second-order valence-electron chi connectivity index (χ2n) is 6.88. The second kappa shape index (κ2) is 8.97. The van der Waals surface area contributed by atoms with Crippen molar-refractivity contribution in [1.82, 2.24) is 5.32 Å². The highest BCUT2D eigenvalue weighted by Gasteiger charge is 2.35. The topological polar surface area (TPSA) is 66.0 Å². The van der Waals surface area contributed by atoms with E-state index in [2.05, 4.69) is 5.32 Å². The molecule has 1 heterocycles. The molecule has 2 aromatic rings. The smallest absolute Gasteiger partial charge is 0.251 e. The number of benzene rings is 2. The number of hydrogen-bond acceptors (Lipinski definition) is 5. The van der Waals surface area contributed by atoms with Gasteiger partial charge in [0.1, 0.15) is 5.75 Å². The third kappa shape index (κ3) is 4.22. The average molecular weight is 385 g/mol. The summed E-state index contributed by atoms with van der Waals surface area (Å²) < 4.78 is 21.6. The molecule has 0 spiro atoms. The van der Waals surface area contributed by atoms with Crippen LogP contribution in [0.15, 0.2) is 42.5 Å². The zero-order valence-corrected chi connectivity index (χ0v) is 16.6. The molecule has 1 amide bonds. The van der Waals surface area contributed by atoms with Crippen LogP contribution in [0.4, 0.5) is 0 Å². The minimum atomic E-state index is -0.216. The van der Waals surface area contributed by atoms with Gasteiger partial charge in [-0.1, -0.05) is 12.1 Å². The van der Waals surface area contributed by atoms with E-state index in [-0.39, 0.29) is 11.3 Å². The fraction of sp³-hybridized carbons (Fsp3) is 0.409. The van der Waals surface area contributed by atoms with Gasteiger partial charge in [-0.25, -0.2) is 0 Å². The third-order valence-corrected chi connectivity index (χ3v) is 5.37. The van der Waals surface area contributed by atoms with Crippen LogP contribution in [0, 0.1) is 0 Å². The summed E-state index contributed by atoms with van der Waals surface area (Å²) in [4.78, 5) is 12.7. The maximum Gasteiger partial charge on any atom is 0.251 e. The lowest BCUT2D eigenvalue weighted by molar-refractivity contribution is 0.0486. The van der Waals surface area contributed by atoms with Crippen LogP contribution >= 0.6 is 0 Å². The summed E-state index contributed by atoms with van der Waals surface area (Å²) in [6.45, 7) is 1.83. The molecule has 0 bridgehead atoms. The molecular weight excluding hydrogens is 358 g/mol. The van der Waals surface area contributed by atoms with E-state index in [0.717, 1.165) is 18.4 Å². The zero-order valence-electron chi connectivity index (χ0n) is 16.6. The summed E-state index contributed by atoms with van der Waals surface area (Å²) in [5.41, 5.74) is 1.47. The molecule has 1 aliphatic heterocycles. The molecule has 1 fully saturated rings. The van der Waals surface area contributed by atoms with Gasteiger partial charge in [-0.05, 0) is 48.7 Å². The first-order chi connectivity index (χ1) is 13.6. The van der Waals surface area contributed by atoms with Gasteiger partial charge in [-0.3, -0.25) is 4.79 Å². The number of methoxy groups -OCH3 is 3. The van der Waals surface area contributed by atoms with Crippen LogP contribution in [0.1, 0.15) is 28.8 Å². The highest BCUT2D eigenvalue weighted by molar-refractivity contribution is 5.94. The summed E-state index contributed by atoms with van der Waals surface area (Å²) in [6.07, 6.45) is 1.64. The molecule has 0 aromatic heterocycles. The van der Waals surface area contributed by atoms with Crippen molar-refractivity contribution in [1.29, 1.82) is 0 Å². The van der Waals surface area contributed by atoms with Crippen molar-refractivity contribution in [3.05, 3.63) is 53.6 Å². The summed E-state index contributed by atoms with van der Waals surface area (Å²) in [5, 5.41) is 3.10. The third-order valence-electron chi connectivity index (χ3n) is 5.37. The fourth-order valence-corrected chi connectivity index (χ4v) is 3.61. The van der Waals surface area contributed by atoms with Gasteiger partial charge in [0.2, 0.25) is 0 Å². The molecule has 0 unspecified atom stereocenters. The molecule has 150 valence electrons. The SMILES string of the molecule is COc1cccc(C(=O)NCC2(c3ccc(OC)c(OC)c3)CCOCC2)c1. The quantitative estimate of drug-likeness (QED) is 0.793. The summed E-state index contributed by atoms with van der Waals surface area (Å²) in [7, 11) is 4.84.